The van der Waals surface area contributed by atoms with Gasteiger partial charge in [0, 0.05) is 34.6 Å². The van der Waals surface area contributed by atoms with Gasteiger partial charge >= 0.3 is 11.2 Å². The van der Waals surface area contributed by atoms with Crippen molar-refractivity contribution in [3.8, 4) is 0 Å². The van der Waals surface area contributed by atoms with E-state index in [1.807, 2.05) is 23.1 Å². The third-order valence-corrected chi connectivity index (χ3v) is 6.52. The fourth-order valence-electron chi connectivity index (χ4n) is 4.27. The molecule has 0 spiro atoms. The summed E-state index contributed by atoms with van der Waals surface area (Å²) in [6.07, 6.45) is 1.99. The van der Waals surface area contributed by atoms with Gasteiger partial charge in [-0.05, 0) is 47.5 Å². The van der Waals surface area contributed by atoms with Gasteiger partial charge in [-0.25, -0.2) is 9.97 Å². The summed E-state index contributed by atoms with van der Waals surface area (Å²) < 4.78 is 37.6. The van der Waals surface area contributed by atoms with Gasteiger partial charge in [0.25, 0.3) is 0 Å². The van der Waals surface area contributed by atoms with Gasteiger partial charge in [0.2, 0.25) is 11.6 Å². The molecule has 35 heavy (non-hydrogen) atoms. The van der Waals surface area contributed by atoms with Crippen molar-refractivity contribution in [1.82, 2.24) is 15.0 Å². The molecule has 1 aliphatic rings. The van der Waals surface area contributed by atoms with Crippen molar-refractivity contribution >= 4 is 40.0 Å². The van der Waals surface area contributed by atoms with Crippen LogP contribution in [0.1, 0.15) is 16.8 Å². The fraction of sp³-hybridized carbons (Fsp3) is 0.217. The first-order valence-corrected chi connectivity index (χ1v) is 11.5. The molecule has 0 atom stereocenters. The second-order valence-electron chi connectivity index (χ2n) is 8.00. The smallest absolute Gasteiger partial charge is 0.360 e. The van der Waals surface area contributed by atoms with E-state index in [2.05, 4.69) is 26.3 Å². The molecule has 0 aliphatic carbocycles. The summed E-state index contributed by atoms with van der Waals surface area (Å²) in [5.41, 5.74) is -0.711. The molecule has 0 saturated carbocycles. The molecule has 2 N–H and O–H groups in total. The van der Waals surface area contributed by atoms with Crippen molar-refractivity contribution in [3.05, 3.63) is 81.8 Å². The number of para-hydroxylation sites is 1. The maximum Gasteiger partial charge on any atom is 0.446 e. The van der Waals surface area contributed by atoms with E-state index >= 15 is 0 Å². The predicted molar refractivity (Wildman–Crippen MR) is 127 cm³/mol. The summed E-state index contributed by atoms with van der Waals surface area (Å²) in [6.45, 7) is 1.16. The van der Waals surface area contributed by atoms with Crippen molar-refractivity contribution in [2.24, 2.45) is 0 Å². The van der Waals surface area contributed by atoms with Gasteiger partial charge in [-0.15, -0.1) is 0 Å². The van der Waals surface area contributed by atoms with Gasteiger partial charge in [0.1, 0.15) is 6.33 Å². The van der Waals surface area contributed by atoms with Crippen molar-refractivity contribution in [2.75, 3.05) is 16.8 Å². The highest BCUT2D eigenvalue weighted by atomic mass is 32.2. The second kappa shape index (κ2) is 9.10. The predicted octanol–water partition coefficient (Wildman–Crippen LogP) is 5.65. The number of aromatic amines is 1. The Labute approximate surface area is 201 Å². The molecule has 2 aromatic heterocycles. The van der Waals surface area contributed by atoms with E-state index in [1.54, 1.807) is 0 Å². The highest BCUT2D eigenvalue weighted by molar-refractivity contribution is 8.00. The normalized spacial score (nSPS) is 13.6. The Morgan fingerprint density at radius 3 is 2.66 bits per heavy atom. The number of aromatic nitrogens is 3. The lowest BCUT2D eigenvalue weighted by atomic mass is 10.0. The number of nitrogens with zero attached hydrogens (tertiary/aromatic N) is 4. The number of benzene rings is 2. The molecule has 3 heterocycles. The standard InChI is InChI=1S/C23H19F3N6O2S/c24-23(25,26)35-15-7-5-14(6-8-15)11-27-21-20(32(33)34)22(29-13-28-21)31-10-9-17-16-3-1-2-4-18(16)30-19(17)12-31/h1-8,13,30H,9-12H2,(H,27,28,29). The fourth-order valence-corrected chi connectivity index (χ4v) is 4.81. The van der Waals surface area contributed by atoms with Crippen LogP contribution in [0.25, 0.3) is 10.9 Å². The Balaban J connectivity index is 1.36. The number of thioether (sulfide) groups is 1. The molecule has 4 aromatic rings. The molecular formula is C23H19F3N6O2S. The number of nitro groups is 1. The van der Waals surface area contributed by atoms with Crippen LogP contribution in [-0.2, 0) is 19.5 Å². The van der Waals surface area contributed by atoms with E-state index in [4.69, 9.17) is 0 Å². The van der Waals surface area contributed by atoms with Crippen LogP contribution in [0.15, 0.2) is 59.8 Å². The number of alkyl halides is 3. The number of rotatable bonds is 6. The van der Waals surface area contributed by atoms with Crippen LogP contribution in [0.5, 0.6) is 0 Å². The summed E-state index contributed by atoms with van der Waals surface area (Å²) >= 11 is -0.194. The average Bonchev–Trinajstić information content (AvgIpc) is 3.20. The zero-order valence-electron chi connectivity index (χ0n) is 18.2. The molecular weight excluding hydrogens is 481 g/mol. The lowest BCUT2D eigenvalue weighted by Crippen LogP contribution is -2.31. The van der Waals surface area contributed by atoms with Crippen LogP contribution in [0, 0.1) is 10.1 Å². The van der Waals surface area contributed by atoms with Crippen LogP contribution >= 0.6 is 11.8 Å². The van der Waals surface area contributed by atoms with Gasteiger partial charge in [-0.3, -0.25) is 10.1 Å². The Morgan fingerprint density at radius 1 is 1.14 bits per heavy atom. The van der Waals surface area contributed by atoms with Gasteiger partial charge in [-0.2, -0.15) is 13.2 Å². The Kier molecular flexibility index (Phi) is 5.97. The SMILES string of the molecule is O=[N+]([O-])c1c(NCc2ccc(SC(F)(F)F)cc2)ncnc1N1CCc2c([nH]c3ccccc23)C1. The van der Waals surface area contributed by atoms with E-state index < -0.39 is 10.4 Å². The number of hydrogen-bond acceptors (Lipinski definition) is 7. The number of H-pyrrole nitrogens is 1. The molecule has 1 aliphatic heterocycles. The van der Waals surface area contributed by atoms with Crippen molar-refractivity contribution < 1.29 is 18.1 Å². The summed E-state index contributed by atoms with van der Waals surface area (Å²) in [4.78, 5) is 25.1. The number of hydrogen-bond donors (Lipinski definition) is 2. The van der Waals surface area contributed by atoms with Crippen molar-refractivity contribution in [1.29, 1.82) is 0 Å². The molecule has 12 heteroatoms. The van der Waals surface area contributed by atoms with Crippen LogP contribution in [-0.4, -0.2) is 31.9 Å². The minimum absolute atomic E-state index is 0.0520. The molecule has 0 amide bonds. The van der Waals surface area contributed by atoms with Crippen LogP contribution < -0.4 is 10.2 Å². The number of halogens is 3. The van der Waals surface area contributed by atoms with Gasteiger partial charge in [0.05, 0.1) is 11.5 Å². The molecule has 0 bridgehead atoms. The quantitative estimate of drug-likeness (QED) is 0.200. The molecule has 0 saturated heterocycles. The van der Waals surface area contributed by atoms with E-state index in [9.17, 15) is 23.3 Å². The molecule has 8 nitrogen and oxygen atoms in total. The summed E-state index contributed by atoms with van der Waals surface area (Å²) in [5, 5.41) is 16.1. The van der Waals surface area contributed by atoms with E-state index in [1.165, 1.54) is 36.2 Å². The maximum atomic E-state index is 12.5. The zero-order valence-corrected chi connectivity index (χ0v) is 19.0. The van der Waals surface area contributed by atoms with Crippen LogP contribution in [0.2, 0.25) is 0 Å². The first kappa shape index (κ1) is 23.0. The van der Waals surface area contributed by atoms with Crippen molar-refractivity contribution in [3.63, 3.8) is 0 Å². The third kappa shape index (κ3) is 4.87. The number of nitrogens with one attached hydrogen (secondary N) is 2. The highest BCUT2D eigenvalue weighted by Crippen LogP contribution is 2.38. The lowest BCUT2D eigenvalue weighted by molar-refractivity contribution is -0.383. The first-order chi connectivity index (χ1) is 16.8. The molecule has 2 aromatic carbocycles. The second-order valence-corrected chi connectivity index (χ2v) is 9.13. The monoisotopic (exact) mass is 500 g/mol. The third-order valence-electron chi connectivity index (χ3n) is 5.78. The van der Waals surface area contributed by atoms with Crippen LogP contribution in [0.3, 0.4) is 0 Å². The van der Waals surface area contributed by atoms with Crippen molar-refractivity contribution in [2.45, 2.75) is 29.9 Å². The van der Waals surface area contributed by atoms with E-state index in [-0.39, 0.29) is 40.5 Å². The first-order valence-electron chi connectivity index (χ1n) is 10.7. The Morgan fingerprint density at radius 2 is 1.91 bits per heavy atom. The average molecular weight is 501 g/mol. The Bertz CT molecular complexity index is 1390. The van der Waals surface area contributed by atoms with E-state index in [0.717, 1.165) is 16.6 Å². The number of anilines is 2. The van der Waals surface area contributed by atoms with Gasteiger partial charge in [-0.1, -0.05) is 30.3 Å². The highest BCUT2D eigenvalue weighted by Gasteiger charge is 2.31. The summed E-state index contributed by atoms with van der Waals surface area (Å²) in [5.74, 6) is 0.268. The maximum absolute atomic E-state index is 12.5. The Hall–Kier alpha value is -3.80. The van der Waals surface area contributed by atoms with E-state index in [0.29, 0.717) is 25.1 Å². The molecule has 180 valence electrons. The molecule has 0 radical (unpaired) electrons. The molecule has 5 rings (SSSR count). The topological polar surface area (TPSA) is 100.0 Å². The van der Waals surface area contributed by atoms with Gasteiger partial charge < -0.3 is 15.2 Å². The largest absolute Gasteiger partial charge is 0.446 e. The summed E-state index contributed by atoms with van der Waals surface area (Å²) in [6, 6.07) is 13.8. The molecule has 0 fully saturated rings. The zero-order chi connectivity index (χ0) is 24.6. The van der Waals surface area contributed by atoms with Gasteiger partial charge in [0.15, 0.2) is 0 Å². The minimum atomic E-state index is -4.36. The number of fused-ring (bicyclic) bond motifs is 3. The summed E-state index contributed by atoms with van der Waals surface area (Å²) in [7, 11) is 0. The lowest BCUT2D eigenvalue weighted by Gasteiger charge is -2.27. The minimum Gasteiger partial charge on any atom is -0.360 e. The van der Waals surface area contributed by atoms with Crippen LogP contribution in [0.4, 0.5) is 30.5 Å². The molecule has 0 unspecified atom stereocenters.